The van der Waals surface area contributed by atoms with E-state index in [1.54, 1.807) is 0 Å². The van der Waals surface area contributed by atoms with Gasteiger partial charge < -0.3 is 10.0 Å². The Bertz CT molecular complexity index is 783. The fraction of sp³-hybridized carbons (Fsp3) is 0.458. The third-order valence-corrected chi connectivity index (χ3v) is 5.47. The third kappa shape index (κ3) is 4.86. The Morgan fingerprint density at radius 2 is 1.61 bits per heavy atom. The van der Waals surface area contributed by atoms with E-state index < -0.39 is 6.09 Å². The molecule has 0 aromatic heterocycles. The molecule has 0 heterocycles. The maximum atomic E-state index is 12.0. The van der Waals surface area contributed by atoms with Crippen molar-refractivity contribution < 1.29 is 9.90 Å². The number of carboxylic acid groups (broad SMARTS) is 1. The van der Waals surface area contributed by atoms with Crippen molar-refractivity contribution in [3.63, 3.8) is 0 Å². The van der Waals surface area contributed by atoms with Gasteiger partial charge in [0.25, 0.3) is 0 Å². The van der Waals surface area contributed by atoms with E-state index >= 15 is 0 Å². The molecule has 1 amide bonds. The van der Waals surface area contributed by atoms with E-state index in [0.29, 0.717) is 13.1 Å². The molecule has 1 N–H and O–H groups in total. The summed E-state index contributed by atoms with van der Waals surface area (Å²) in [5.41, 5.74) is 6.23. The number of aryl methyl sites for hydroxylation is 2. The van der Waals surface area contributed by atoms with Crippen molar-refractivity contribution in [2.75, 3.05) is 18.0 Å². The van der Waals surface area contributed by atoms with Gasteiger partial charge in [-0.3, -0.25) is 4.90 Å². The molecule has 0 radical (unpaired) electrons. The summed E-state index contributed by atoms with van der Waals surface area (Å²) in [4.78, 5) is 16.0. The molecule has 0 spiro atoms. The highest BCUT2D eigenvalue weighted by Crippen LogP contribution is 2.32. The smallest absolute Gasteiger partial charge is 0.407 e. The van der Waals surface area contributed by atoms with Gasteiger partial charge in [0.1, 0.15) is 0 Å². The Hall–Kier alpha value is -2.49. The number of rotatable bonds is 9. The van der Waals surface area contributed by atoms with Gasteiger partial charge in [-0.05, 0) is 60.4 Å². The first-order valence-electron chi connectivity index (χ1n) is 10.5. The number of anilines is 1. The Kier molecular flexibility index (Phi) is 6.96. The van der Waals surface area contributed by atoms with Crippen molar-refractivity contribution in [1.82, 2.24) is 4.90 Å². The SMILES string of the molecule is CCCN(CCC)c1cc2c(cc1CN(Cc1ccccc1)C(=O)O)CCC2. The number of hydrogen-bond donors (Lipinski definition) is 1. The van der Waals surface area contributed by atoms with E-state index in [9.17, 15) is 9.90 Å². The molecular formula is C24H32N2O2. The second-order valence-corrected chi connectivity index (χ2v) is 7.71. The average molecular weight is 381 g/mol. The van der Waals surface area contributed by atoms with Gasteiger partial charge in [0.2, 0.25) is 0 Å². The Morgan fingerprint density at radius 1 is 0.964 bits per heavy atom. The standard InChI is InChI=1S/C24H32N2O2/c1-3-13-25(14-4-2)23-16-21-12-8-11-20(21)15-22(23)18-26(24(27)28)17-19-9-6-5-7-10-19/h5-7,9-10,15-16H,3-4,8,11-14,17-18H2,1-2H3,(H,27,28). The van der Waals surface area contributed by atoms with Gasteiger partial charge in [-0.1, -0.05) is 50.2 Å². The molecule has 4 nitrogen and oxygen atoms in total. The van der Waals surface area contributed by atoms with Crippen molar-refractivity contribution in [1.29, 1.82) is 0 Å². The Morgan fingerprint density at radius 3 is 2.21 bits per heavy atom. The molecule has 2 aromatic rings. The van der Waals surface area contributed by atoms with Crippen molar-refractivity contribution in [3.8, 4) is 0 Å². The highest BCUT2D eigenvalue weighted by Gasteiger charge is 2.21. The fourth-order valence-electron chi connectivity index (χ4n) is 4.18. The van der Waals surface area contributed by atoms with Gasteiger partial charge in [0, 0.05) is 25.3 Å². The van der Waals surface area contributed by atoms with Crippen molar-refractivity contribution in [2.24, 2.45) is 0 Å². The second kappa shape index (κ2) is 9.63. The summed E-state index contributed by atoms with van der Waals surface area (Å²) in [6, 6.07) is 14.5. The van der Waals surface area contributed by atoms with Gasteiger partial charge in [0.15, 0.2) is 0 Å². The van der Waals surface area contributed by atoms with Crippen LogP contribution in [0.3, 0.4) is 0 Å². The number of benzene rings is 2. The largest absolute Gasteiger partial charge is 0.465 e. The van der Waals surface area contributed by atoms with Crippen LogP contribution in [-0.4, -0.2) is 29.2 Å². The van der Waals surface area contributed by atoms with Gasteiger partial charge in [-0.2, -0.15) is 0 Å². The summed E-state index contributed by atoms with van der Waals surface area (Å²) in [6.07, 6.45) is 4.75. The third-order valence-electron chi connectivity index (χ3n) is 5.47. The number of fused-ring (bicyclic) bond motifs is 1. The van der Waals surface area contributed by atoms with E-state index in [2.05, 4.69) is 30.9 Å². The predicted octanol–water partition coefficient (Wildman–Crippen LogP) is 5.48. The molecular weight excluding hydrogens is 348 g/mol. The van der Waals surface area contributed by atoms with Crippen molar-refractivity contribution in [3.05, 3.63) is 64.7 Å². The lowest BCUT2D eigenvalue weighted by Gasteiger charge is -2.29. The molecule has 0 saturated heterocycles. The topological polar surface area (TPSA) is 43.8 Å². The zero-order chi connectivity index (χ0) is 19.9. The molecule has 0 atom stereocenters. The molecule has 1 aliphatic rings. The van der Waals surface area contributed by atoms with Crippen LogP contribution >= 0.6 is 0 Å². The van der Waals surface area contributed by atoms with Crippen molar-refractivity contribution >= 4 is 11.8 Å². The van der Waals surface area contributed by atoms with Gasteiger partial charge >= 0.3 is 6.09 Å². The molecule has 1 aliphatic carbocycles. The maximum Gasteiger partial charge on any atom is 0.407 e. The van der Waals surface area contributed by atoms with E-state index in [-0.39, 0.29) is 0 Å². The maximum absolute atomic E-state index is 12.0. The first-order valence-corrected chi connectivity index (χ1v) is 10.5. The summed E-state index contributed by atoms with van der Waals surface area (Å²) < 4.78 is 0. The number of hydrogen-bond acceptors (Lipinski definition) is 2. The molecule has 0 aliphatic heterocycles. The predicted molar refractivity (Wildman–Crippen MR) is 115 cm³/mol. The second-order valence-electron chi connectivity index (χ2n) is 7.71. The first kappa shape index (κ1) is 20.2. The van der Waals surface area contributed by atoms with E-state index in [1.807, 2.05) is 30.3 Å². The fourth-order valence-corrected chi connectivity index (χ4v) is 4.18. The van der Waals surface area contributed by atoms with Gasteiger partial charge in [-0.25, -0.2) is 4.79 Å². The van der Waals surface area contributed by atoms with Crippen LogP contribution in [0, 0.1) is 0 Å². The zero-order valence-electron chi connectivity index (χ0n) is 17.2. The Balaban J connectivity index is 1.92. The minimum absolute atomic E-state index is 0.411. The summed E-state index contributed by atoms with van der Waals surface area (Å²) in [5, 5.41) is 9.84. The van der Waals surface area contributed by atoms with Crippen LogP contribution in [-0.2, 0) is 25.9 Å². The van der Waals surface area contributed by atoms with Crippen LogP contribution in [0.5, 0.6) is 0 Å². The van der Waals surface area contributed by atoms with Gasteiger partial charge in [-0.15, -0.1) is 0 Å². The summed E-state index contributed by atoms with van der Waals surface area (Å²) >= 11 is 0. The van der Waals surface area contributed by atoms with Crippen LogP contribution in [0.1, 0.15) is 55.4 Å². The molecule has 0 saturated carbocycles. The van der Waals surface area contributed by atoms with E-state index in [0.717, 1.165) is 49.9 Å². The highest BCUT2D eigenvalue weighted by molar-refractivity contribution is 5.66. The number of carbonyl (C=O) groups is 1. The first-order chi connectivity index (χ1) is 13.6. The van der Waals surface area contributed by atoms with Crippen LogP contribution < -0.4 is 4.90 Å². The quantitative estimate of drug-likeness (QED) is 0.626. The van der Waals surface area contributed by atoms with Crippen LogP contribution in [0.15, 0.2) is 42.5 Å². The van der Waals surface area contributed by atoms with Crippen molar-refractivity contribution in [2.45, 2.75) is 59.0 Å². The molecule has 0 fully saturated rings. The number of nitrogens with zero attached hydrogens (tertiary/aromatic N) is 2. The van der Waals surface area contributed by atoms with Crippen LogP contribution in [0.25, 0.3) is 0 Å². The molecule has 4 heteroatoms. The molecule has 0 unspecified atom stereocenters. The lowest BCUT2D eigenvalue weighted by atomic mass is 10.0. The number of amides is 1. The minimum atomic E-state index is -0.868. The van der Waals surface area contributed by atoms with Crippen LogP contribution in [0.2, 0.25) is 0 Å². The molecule has 3 rings (SSSR count). The van der Waals surface area contributed by atoms with Gasteiger partial charge in [0.05, 0.1) is 6.54 Å². The lowest BCUT2D eigenvalue weighted by molar-refractivity contribution is 0.139. The molecule has 150 valence electrons. The minimum Gasteiger partial charge on any atom is -0.465 e. The monoisotopic (exact) mass is 380 g/mol. The highest BCUT2D eigenvalue weighted by atomic mass is 16.4. The summed E-state index contributed by atoms with van der Waals surface area (Å²) in [7, 11) is 0. The average Bonchev–Trinajstić information content (AvgIpc) is 3.15. The molecule has 2 aromatic carbocycles. The normalized spacial score (nSPS) is 12.6. The van der Waals surface area contributed by atoms with E-state index in [4.69, 9.17) is 0 Å². The summed E-state index contributed by atoms with van der Waals surface area (Å²) in [6.45, 7) is 7.26. The molecule has 0 bridgehead atoms. The zero-order valence-corrected chi connectivity index (χ0v) is 17.2. The van der Waals surface area contributed by atoms with E-state index in [1.165, 1.54) is 28.1 Å². The lowest BCUT2D eigenvalue weighted by Crippen LogP contribution is -2.31. The van der Waals surface area contributed by atoms with Crippen LogP contribution in [0.4, 0.5) is 10.5 Å². The summed E-state index contributed by atoms with van der Waals surface area (Å²) in [5.74, 6) is 0. The molecule has 28 heavy (non-hydrogen) atoms. The Labute approximate surface area is 168 Å².